The Morgan fingerprint density at radius 3 is 1.80 bits per heavy atom. The van der Waals surface area contributed by atoms with E-state index in [4.69, 9.17) is 11.5 Å². The summed E-state index contributed by atoms with van der Waals surface area (Å²) in [6.07, 6.45) is 3.24. The second-order valence-electron chi connectivity index (χ2n) is 17.5. The van der Waals surface area contributed by atoms with Gasteiger partial charge in [-0.3, -0.25) is 47.9 Å². The number of aliphatic carboxylic acids is 1. The maximum Gasteiger partial charge on any atom is 0.326 e. The van der Waals surface area contributed by atoms with E-state index in [-0.39, 0.29) is 56.4 Å². The van der Waals surface area contributed by atoms with Crippen LogP contribution < -0.4 is 59.3 Å². The van der Waals surface area contributed by atoms with Crippen molar-refractivity contribution in [3.05, 3.63) is 0 Å². The van der Waals surface area contributed by atoms with Crippen LogP contribution in [0.5, 0.6) is 0 Å². The first-order chi connectivity index (χ1) is 31.1. The van der Waals surface area contributed by atoms with Gasteiger partial charge in [0.15, 0.2) is 0 Å². The predicted octanol–water partition coefficient (Wildman–Crippen LogP) is -3.91. The van der Waals surface area contributed by atoms with Crippen molar-refractivity contribution < 1.29 is 57.8 Å². The summed E-state index contributed by atoms with van der Waals surface area (Å²) >= 11 is 0. The van der Waals surface area contributed by atoms with Gasteiger partial charge in [0, 0.05) is 13.0 Å². The third-order valence-electron chi connectivity index (χ3n) is 10.9. The molecule has 2 fully saturated rings. The molecule has 2 heterocycles. The van der Waals surface area contributed by atoms with Crippen LogP contribution >= 0.6 is 0 Å². The molecule has 0 aliphatic carbocycles. The Morgan fingerprint density at radius 2 is 1.23 bits per heavy atom. The SMILES string of the molecule is CC(C)C[C@@H](NC(=O)CNC(=O)[C@@H](CC(C)C)NC(=O)[C@@H](CCC(N)=O)NC(=O)CNC(=O)[C@H]1CCCN1)C(=O)N[C@H](C)C(=O)NCC(=O)N1CCC[C@@H]1C(=O)N[C@H](CCCCN)C(=O)O. The van der Waals surface area contributed by atoms with Crippen molar-refractivity contribution in [2.24, 2.45) is 23.3 Å². The highest BCUT2D eigenvalue weighted by molar-refractivity contribution is 5.97. The molecule has 24 heteroatoms. The molecule has 0 aromatic rings. The maximum absolute atomic E-state index is 13.4. The van der Waals surface area contributed by atoms with E-state index < -0.39 is 121 Å². The molecule has 0 spiro atoms. The third-order valence-corrected chi connectivity index (χ3v) is 10.9. The van der Waals surface area contributed by atoms with Gasteiger partial charge in [-0.05, 0) is 96.1 Å². The van der Waals surface area contributed by atoms with Gasteiger partial charge in [-0.15, -0.1) is 0 Å². The fourth-order valence-corrected chi connectivity index (χ4v) is 7.37. The van der Waals surface area contributed by atoms with Crippen LogP contribution in [-0.4, -0.2) is 157 Å². The molecule has 0 radical (unpaired) electrons. The average molecular weight is 937 g/mol. The van der Waals surface area contributed by atoms with E-state index in [1.165, 1.54) is 11.8 Å². The Kier molecular flexibility index (Phi) is 24.6. The van der Waals surface area contributed by atoms with E-state index in [1.54, 1.807) is 27.7 Å². The number of likely N-dealkylation sites (tertiary alicyclic amines) is 1. The molecule has 0 bridgehead atoms. The van der Waals surface area contributed by atoms with Crippen LogP contribution in [0.15, 0.2) is 0 Å². The minimum absolute atomic E-state index is 0.112. The minimum atomic E-state index is -1.30. The summed E-state index contributed by atoms with van der Waals surface area (Å²) in [6, 6.07) is -7.33. The highest BCUT2D eigenvalue weighted by Gasteiger charge is 2.36. The van der Waals surface area contributed by atoms with Gasteiger partial charge in [0.1, 0.15) is 36.3 Å². The number of amides is 10. The Labute approximate surface area is 385 Å². The van der Waals surface area contributed by atoms with Gasteiger partial charge in [-0.25, -0.2) is 4.79 Å². The number of carboxylic acid groups (broad SMARTS) is 1. The fraction of sp³-hybridized carbons (Fsp3) is 0.738. The van der Waals surface area contributed by atoms with Crippen LogP contribution in [0.4, 0.5) is 0 Å². The lowest BCUT2D eigenvalue weighted by Crippen LogP contribution is -2.57. The monoisotopic (exact) mass is 937 g/mol. The van der Waals surface area contributed by atoms with Crippen molar-refractivity contribution >= 4 is 65.0 Å². The molecule has 0 unspecified atom stereocenters. The predicted molar refractivity (Wildman–Crippen MR) is 238 cm³/mol. The largest absolute Gasteiger partial charge is 0.480 e. The highest BCUT2D eigenvalue weighted by atomic mass is 16.4. The summed E-state index contributed by atoms with van der Waals surface area (Å²) in [4.78, 5) is 142. The van der Waals surface area contributed by atoms with Crippen LogP contribution in [0.1, 0.15) is 105 Å². The normalized spacial score (nSPS) is 17.9. The molecule has 10 amide bonds. The van der Waals surface area contributed by atoms with Gasteiger partial charge in [-0.1, -0.05) is 27.7 Å². The molecule has 24 nitrogen and oxygen atoms in total. The van der Waals surface area contributed by atoms with Crippen molar-refractivity contribution in [2.45, 2.75) is 148 Å². The molecule has 2 saturated heterocycles. The van der Waals surface area contributed by atoms with Crippen molar-refractivity contribution in [3.8, 4) is 0 Å². The lowest BCUT2D eigenvalue weighted by molar-refractivity contribution is -0.144. The maximum atomic E-state index is 13.4. The number of rotatable bonds is 29. The number of hydrogen-bond donors (Lipinski definition) is 12. The van der Waals surface area contributed by atoms with Crippen LogP contribution in [0.2, 0.25) is 0 Å². The van der Waals surface area contributed by atoms with Crippen molar-refractivity contribution in [1.29, 1.82) is 0 Å². The summed E-state index contributed by atoms with van der Waals surface area (Å²) in [7, 11) is 0. The zero-order valence-corrected chi connectivity index (χ0v) is 38.8. The number of carboxylic acids is 1. The summed E-state index contributed by atoms with van der Waals surface area (Å²) in [6.45, 7) is 8.26. The van der Waals surface area contributed by atoms with Crippen molar-refractivity contribution in [3.63, 3.8) is 0 Å². The Balaban J connectivity index is 1.97. The van der Waals surface area contributed by atoms with E-state index in [0.717, 1.165) is 6.42 Å². The zero-order chi connectivity index (χ0) is 49.5. The second kappa shape index (κ2) is 28.9. The van der Waals surface area contributed by atoms with E-state index in [0.29, 0.717) is 45.2 Å². The van der Waals surface area contributed by atoms with Gasteiger partial charge < -0.3 is 69.3 Å². The highest BCUT2D eigenvalue weighted by Crippen LogP contribution is 2.18. The number of hydrogen-bond acceptors (Lipinski definition) is 13. The molecular formula is C42H72N12O12. The standard InChI is InChI=1S/C42H72N12O12/c1-23(2)18-29(53-39(62)27(13-14-32(44)55)50-33(56)20-46-37(60)26-11-8-16-45-26)38(61)47-21-34(57)51-30(19-24(3)4)40(63)49-25(5)36(59)48-22-35(58)54-17-9-12-31(54)41(64)52-28(42(65)66)10-6-7-15-43/h23-31,45H,6-22,43H2,1-5H3,(H2,44,55)(H,46,60)(H,47,61)(H,48,59)(H,49,63)(H,50,56)(H,51,57)(H,52,64)(H,53,62)(H,65,66)/t25-,26-,27-,28-,29-,30-,31-/m1/s1. The first-order valence-corrected chi connectivity index (χ1v) is 22.7. The number of nitrogens with zero attached hydrogens (tertiary/aromatic N) is 1. The molecule has 2 aliphatic heterocycles. The van der Waals surface area contributed by atoms with Crippen LogP contribution in [0.3, 0.4) is 0 Å². The average Bonchev–Trinajstić information content (AvgIpc) is 3.98. The molecule has 66 heavy (non-hydrogen) atoms. The van der Waals surface area contributed by atoms with Gasteiger partial charge in [-0.2, -0.15) is 0 Å². The molecule has 0 aromatic heterocycles. The lowest BCUT2D eigenvalue weighted by Gasteiger charge is -2.26. The molecular weight excluding hydrogens is 865 g/mol. The van der Waals surface area contributed by atoms with E-state index in [1.807, 2.05) is 0 Å². The number of primary amides is 1. The van der Waals surface area contributed by atoms with Gasteiger partial charge in [0.25, 0.3) is 0 Å². The molecule has 2 rings (SSSR count). The Hall–Kier alpha value is -5.91. The molecule has 0 aromatic carbocycles. The quantitative estimate of drug-likeness (QED) is 0.0319. The Bertz CT molecular complexity index is 1720. The lowest BCUT2D eigenvalue weighted by atomic mass is 10.0. The van der Waals surface area contributed by atoms with Crippen LogP contribution in [0, 0.1) is 11.8 Å². The third kappa shape index (κ3) is 20.5. The van der Waals surface area contributed by atoms with Crippen molar-refractivity contribution in [2.75, 3.05) is 39.3 Å². The summed E-state index contributed by atoms with van der Waals surface area (Å²) in [5, 5.41) is 32.6. The summed E-state index contributed by atoms with van der Waals surface area (Å²) in [5.74, 6) is -8.26. The number of nitrogens with one attached hydrogen (secondary N) is 9. The van der Waals surface area contributed by atoms with E-state index in [9.17, 15) is 57.8 Å². The molecule has 7 atom stereocenters. The second-order valence-corrected chi connectivity index (χ2v) is 17.5. The van der Waals surface area contributed by atoms with Gasteiger partial charge in [0.05, 0.1) is 25.7 Å². The molecule has 14 N–H and O–H groups in total. The van der Waals surface area contributed by atoms with Crippen LogP contribution in [0.25, 0.3) is 0 Å². The first-order valence-electron chi connectivity index (χ1n) is 22.7. The number of nitrogens with two attached hydrogens (primary N) is 2. The Morgan fingerprint density at radius 1 is 0.636 bits per heavy atom. The summed E-state index contributed by atoms with van der Waals surface area (Å²) < 4.78 is 0. The number of unbranched alkanes of at least 4 members (excludes halogenated alkanes) is 1. The summed E-state index contributed by atoms with van der Waals surface area (Å²) in [5.41, 5.74) is 10.8. The molecule has 2 aliphatic rings. The molecule has 0 saturated carbocycles. The topological polar surface area (TPSA) is 372 Å². The van der Waals surface area contributed by atoms with Crippen molar-refractivity contribution in [1.82, 2.24) is 52.8 Å². The minimum Gasteiger partial charge on any atom is -0.480 e. The van der Waals surface area contributed by atoms with E-state index >= 15 is 0 Å². The van der Waals surface area contributed by atoms with Crippen LogP contribution in [-0.2, 0) is 52.7 Å². The number of carbonyl (C=O) groups excluding carboxylic acids is 10. The smallest absolute Gasteiger partial charge is 0.326 e. The van der Waals surface area contributed by atoms with E-state index in [2.05, 4.69) is 47.9 Å². The van der Waals surface area contributed by atoms with Gasteiger partial charge in [0.2, 0.25) is 59.1 Å². The molecule has 372 valence electrons. The number of carbonyl (C=O) groups is 11. The zero-order valence-electron chi connectivity index (χ0n) is 38.8. The first kappa shape index (κ1) is 56.2. The fourth-order valence-electron chi connectivity index (χ4n) is 7.37. The van der Waals surface area contributed by atoms with Gasteiger partial charge >= 0.3 is 5.97 Å².